The third-order valence-electron chi connectivity index (χ3n) is 0.879. The van der Waals surface area contributed by atoms with Crippen molar-refractivity contribution in [1.29, 1.82) is 0 Å². The van der Waals surface area contributed by atoms with Crippen molar-refractivity contribution >= 4 is 29.2 Å². The average molecular weight is 248 g/mol. The topological polar surface area (TPSA) is 78.5 Å². The van der Waals surface area contributed by atoms with E-state index in [-0.39, 0.29) is 46.1 Å². The number of aliphatic hydroxyl groups excluding tert-OH is 2. The molecule has 0 aliphatic rings. The molecule has 0 heterocycles. The van der Waals surface area contributed by atoms with Gasteiger partial charge in [0, 0.05) is 13.1 Å². The Kier molecular flexibility index (Phi) is 20.4. The maximum absolute atomic E-state index is 8.72. The van der Waals surface area contributed by atoms with Gasteiger partial charge in [0.2, 0.25) is 0 Å². The summed E-state index contributed by atoms with van der Waals surface area (Å²) in [7, 11) is 0. The minimum absolute atomic E-state index is 0. The van der Waals surface area contributed by atoms with E-state index in [2.05, 4.69) is 35.9 Å². The molecule has 0 aliphatic heterocycles. The van der Waals surface area contributed by atoms with Crippen LogP contribution in [0, 0.1) is 0 Å². The maximum atomic E-state index is 8.72. The molecule has 2 atom stereocenters. The molecule has 0 aromatic carbocycles. The number of hydrogen-bond donors (Lipinski definition) is 4. The maximum Gasteiger partial charge on any atom is 1.00 e. The van der Waals surface area contributed by atoms with Crippen LogP contribution in [0.4, 0.5) is 0 Å². The molecule has 14 heavy (non-hydrogen) atoms. The molecule has 4 nitrogen and oxygen atoms in total. The first-order valence-corrected chi connectivity index (χ1v) is 4.71. The predicted octanol–water partition coefficient (Wildman–Crippen LogP) is -3.88. The molecule has 0 aromatic heterocycles. The molecule has 2 unspecified atom stereocenters. The summed E-state index contributed by atoms with van der Waals surface area (Å²) in [5.74, 6) is 0. The number of hydrogen-bond acceptors (Lipinski definition) is 5. The van der Waals surface area contributed by atoms with Crippen LogP contribution in [0.15, 0.2) is 0 Å². The summed E-state index contributed by atoms with van der Waals surface area (Å²) in [4.78, 5) is 0. The second kappa shape index (κ2) is 14.0. The Hall–Kier alpha value is 0.990. The van der Waals surface area contributed by atoms with Crippen molar-refractivity contribution in [3.63, 3.8) is 0 Å². The Balaban J connectivity index is -0.000000209. The van der Waals surface area contributed by atoms with Crippen molar-refractivity contribution in [1.82, 2.24) is 5.32 Å². The van der Waals surface area contributed by atoms with Gasteiger partial charge < -0.3 is 46.1 Å². The third-order valence-corrected chi connectivity index (χ3v) is 0.879. The van der Waals surface area contributed by atoms with E-state index in [0.29, 0.717) is 13.1 Å². The minimum atomic E-state index is -0.330. The molecular formula is C7H17N2NaO2S2. The molecule has 0 aliphatic carbocycles. The van der Waals surface area contributed by atoms with E-state index in [0.717, 1.165) is 0 Å². The van der Waals surface area contributed by atoms with Crippen LogP contribution in [0.5, 0.6) is 0 Å². The first-order chi connectivity index (χ1) is 5.86. The van der Waals surface area contributed by atoms with Gasteiger partial charge in [-0.05, 0) is 13.8 Å². The SMILES string of the molecule is CC(O)CNCC(C)O.NC(=S)[S-].[Na+]. The Bertz CT molecular complexity index is 125. The second-order valence-corrected chi connectivity index (χ2v) is 3.81. The summed E-state index contributed by atoms with van der Waals surface area (Å²) < 4.78 is 0.0833. The van der Waals surface area contributed by atoms with Gasteiger partial charge >= 0.3 is 29.6 Å². The first kappa shape index (κ1) is 20.4. The number of rotatable bonds is 4. The Morgan fingerprint density at radius 2 is 1.57 bits per heavy atom. The summed E-state index contributed by atoms with van der Waals surface area (Å²) in [6.45, 7) is 4.50. The van der Waals surface area contributed by atoms with Crippen LogP contribution >= 0.6 is 12.2 Å². The molecule has 0 bridgehead atoms. The van der Waals surface area contributed by atoms with Crippen LogP contribution in [0.3, 0.4) is 0 Å². The van der Waals surface area contributed by atoms with E-state index >= 15 is 0 Å². The van der Waals surface area contributed by atoms with E-state index in [1.165, 1.54) is 0 Å². The number of aliphatic hydroxyl groups is 2. The van der Waals surface area contributed by atoms with Crippen molar-refractivity contribution in [2.45, 2.75) is 26.1 Å². The van der Waals surface area contributed by atoms with E-state index in [9.17, 15) is 0 Å². The van der Waals surface area contributed by atoms with Gasteiger partial charge in [-0.15, -0.1) is 0 Å². The van der Waals surface area contributed by atoms with Gasteiger partial charge in [-0.25, -0.2) is 0 Å². The van der Waals surface area contributed by atoms with Crippen LogP contribution in [0.1, 0.15) is 13.8 Å². The van der Waals surface area contributed by atoms with Gasteiger partial charge in [0.25, 0.3) is 0 Å². The number of thiocarbonyl (C=S) groups is 1. The van der Waals surface area contributed by atoms with E-state index in [1.807, 2.05) is 0 Å². The summed E-state index contributed by atoms with van der Waals surface area (Å²) >= 11 is 8.26. The number of nitrogens with two attached hydrogens (primary N) is 1. The van der Waals surface area contributed by atoms with E-state index < -0.39 is 0 Å². The van der Waals surface area contributed by atoms with Gasteiger partial charge in [-0.1, -0.05) is 4.32 Å². The van der Waals surface area contributed by atoms with E-state index in [4.69, 9.17) is 10.2 Å². The van der Waals surface area contributed by atoms with Crippen LogP contribution in [-0.4, -0.2) is 39.8 Å². The van der Waals surface area contributed by atoms with Crippen LogP contribution in [-0.2, 0) is 12.6 Å². The molecule has 0 spiro atoms. The molecule has 0 aromatic rings. The van der Waals surface area contributed by atoms with Gasteiger partial charge in [0.15, 0.2) is 0 Å². The standard InChI is InChI=1S/C6H15NO2.CH3NS2.Na/c1-5(8)3-7-4-6(2)9;2-1(3)4;/h5-9H,3-4H2,1-2H3;(H3,2,3,4);/q;;+1/p-1. The van der Waals surface area contributed by atoms with Crippen molar-refractivity contribution in [2.24, 2.45) is 5.73 Å². The molecule has 5 N–H and O–H groups in total. The number of nitrogens with one attached hydrogen (secondary N) is 1. The van der Waals surface area contributed by atoms with Gasteiger partial charge in [0.1, 0.15) is 0 Å². The minimum Gasteiger partial charge on any atom is -0.415 e. The molecule has 0 radical (unpaired) electrons. The molecule has 0 saturated heterocycles. The molecule has 7 heteroatoms. The Labute approximate surface area is 118 Å². The zero-order valence-electron chi connectivity index (χ0n) is 8.86. The normalized spacial score (nSPS) is 12.9. The van der Waals surface area contributed by atoms with Crippen LogP contribution in [0.25, 0.3) is 0 Å². The first-order valence-electron chi connectivity index (χ1n) is 3.89. The van der Waals surface area contributed by atoms with Gasteiger partial charge in [-0.2, -0.15) is 0 Å². The molecule has 80 valence electrons. The second-order valence-electron chi connectivity index (χ2n) is 2.68. The zero-order chi connectivity index (χ0) is 10.9. The molecule has 0 rings (SSSR count). The molecule has 0 fully saturated rings. The summed E-state index contributed by atoms with van der Waals surface area (Å²) in [5, 5.41) is 20.3. The third kappa shape index (κ3) is 38.2. The fourth-order valence-corrected chi connectivity index (χ4v) is 0.501. The van der Waals surface area contributed by atoms with Crippen molar-refractivity contribution < 1.29 is 39.8 Å². The molecule has 0 amide bonds. The Morgan fingerprint density at radius 3 is 1.71 bits per heavy atom. The summed E-state index contributed by atoms with van der Waals surface area (Å²) in [6, 6.07) is 0. The fraction of sp³-hybridized carbons (Fsp3) is 0.857. The molecular weight excluding hydrogens is 231 g/mol. The van der Waals surface area contributed by atoms with E-state index in [1.54, 1.807) is 13.8 Å². The van der Waals surface area contributed by atoms with Gasteiger partial charge in [-0.3, -0.25) is 0 Å². The largest absolute Gasteiger partial charge is 1.00 e. The quantitative estimate of drug-likeness (QED) is 0.232. The van der Waals surface area contributed by atoms with Crippen molar-refractivity contribution in [2.75, 3.05) is 13.1 Å². The summed E-state index contributed by atoms with van der Waals surface area (Å²) in [6.07, 6.45) is -0.660. The van der Waals surface area contributed by atoms with Crippen molar-refractivity contribution in [3.8, 4) is 0 Å². The fourth-order valence-electron chi connectivity index (χ4n) is 0.501. The van der Waals surface area contributed by atoms with Gasteiger partial charge in [0.05, 0.1) is 12.2 Å². The van der Waals surface area contributed by atoms with Crippen LogP contribution < -0.4 is 40.6 Å². The zero-order valence-corrected chi connectivity index (χ0v) is 12.5. The van der Waals surface area contributed by atoms with Crippen molar-refractivity contribution in [3.05, 3.63) is 0 Å². The predicted molar refractivity (Wildman–Crippen MR) is 60.4 cm³/mol. The smallest absolute Gasteiger partial charge is 0.415 e. The monoisotopic (exact) mass is 248 g/mol. The average Bonchev–Trinajstić information content (AvgIpc) is 1.83. The Morgan fingerprint density at radius 1 is 1.36 bits per heavy atom. The summed E-state index contributed by atoms with van der Waals surface area (Å²) in [5.41, 5.74) is 4.66. The molecule has 0 saturated carbocycles. The van der Waals surface area contributed by atoms with Crippen LogP contribution in [0.2, 0.25) is 0 Å².